The molecule has 63 valence electrons. The van der Waals surface area contributed by atoms with Crippen LogP contribution in [0.15, 0.2) is 6.08 Å². The molecular weight excluding hydrogens is 138 g/mol. The van der Waals surface area contributed by atoms with E-state index in [0.29, 0.717) is 0 Å². The fourth-order valence-electron chi connectivity index (χ4n) is 0.589. The van der Waals surface area contributed by atoms with Gasteiger partial charge >= 0.3 is 0 Å². The summed E-state index contributed by atoms with van der Waals surface area (Å²) in [5, 5.41) is 2.85. The van der Waals surface area contributed by atoms with Crippen molar-refractivity contribution in [2.24, 2.45) is 0 Å². The normalized spacial score (nSPS) is 12.0. The Morgan fingerprint density at radius 3 is 2.55 bits per heavy atom. The molecule has 2 heteroatoms. The summed E-state index contributed by atoms with van der Waals surface area (Å²) < 4.78 is 0. The minimum absolute atomic E-state index is 0.0700. The third-order valence-corrected chi connectivity index (χ3v) is 1.62. The number of nitrogens with one attached hydrogen (secondary N) is 1. The molecule has 0 fully saturated rings. The number of carbonyl (C=O) groups excluding carboxylic acids is 1. The summed E-state index contributed by atoms with van der Waals surface area (Å²) in [4.78, 5) is 11.0. The van der Waals surface area contributed by atoms with Gasteiger partial charge in [-0.25, -0.2) is 0 Å². The molecule has 1 N–H and O–H groups in total. The predicted octanol–water partition coefficient (Wildman–Crippen LogP) is 1.67. The van der Waals surface area contributed by atoms with Gasteiger partial charge < -0.3 is 5.32 Å². The Morgan fingerprint density at radius 1 is 1.64 bits per heavy atom. The van der Waals surface area contributed by atoms with Crippen molar-refractivity contribution in [3.8, 4) is 0 Å². The second-order valence-corrected chi connectivity index (χ2v) is 3.16. The van der Waals surface area contributed by atoms with Crippen molar-refractivity contribution in [2.45, 2.75) is 39.7 Å². The standard InChI is InChI=1S/C9H16NO/c1-5-7-8(11)10-9(3,4)6-2/h7H,6H2,1-4H3,(H,10,11). The van der Waals surface area contributed by atoms with Crippen molar-refractivity contribution in [3.63, 3.8) is 0 Å². The maximum absolute atomic E-state index is 11.0. The van der Waals surface area contributed by atoms with Crippen LogP contribution in [0.3, 0.4) is 0 Å². The van der Waals surface area contributed by atoms with Crippen LogP contribution < -0.4 is 5.32 Å². The Morgan fingerprint density at radius 2 is 2.18 bits per heavy atom. The Bertz CT molecular complexity index is 159. The zero-order valence-corrected chi connectivity index (χ0v) is 7.69. The van der Waals surface area contributed by atoms with Crippen molar-refractivity contribution >= 4 is 5.91 Å². The first-order valence-corrected chi connectivity index (χ1v) is 3.84. The molecule has 0 heterocycles. The Kier molecular flexibility index (Phi) is 3.86. The van der Waals surface area contributed by atoms with E-state index in [9.17, 15) is 4.79 Å². The van der Waals surface area contributed by atoms with Gasteiger partial charge in [0, 0.05) is 11.6 Å². The first-order valence-electron chi connectivity index (χ1n) is 3.84. The molecule has 0 unspecified atom stereocenters. The lowest BCUT2D eigenvalue weighted by Crippen LogP contribution is -2.41. The minimum Gasteiger partial charge on any atom is -0.348 e. The highest BCUT2D eigenvalue weighted by atomic mass is 16.1. The van der Waals surface area contributed by atoms with Crippen molar-refractivity contribution in [1.29, 1.82) is 0 Å². The average molecular weight is 154 g/mol. The van der Waals surface area contributed by atoms with Crippen LogP contribution in [0.4, 0.5) is 0 Å². The van der Waals surface area contributed by atoms with Gasteiger partial charge in [0.15, 0.2) is 0 Å². The summed E-state index contributed by atoms with van der Waals surface area (Å²) in [6.45, 7) is 7.74. The van der Waals surface area contributed by atoms with Gasteiger partial charge in [0.1, 0.15) is 0 Å². The molecule has 0 aliphatic carbocycles. The van der Waals surface area contributed by atoms with Gasteiger partial charge in [-0.3, -0.25) is 4.79 Å². The van der Waals surface area contributed by atoms with Crippen LogP contribution >= 0.6 is 0 Å². The lowest BCUT2D eigenvalue weighted by molar-refractivity contribution is -0.118. The number of hydrogen-bond donors (Lipinski definition) is 1. The van der Waals surface area contributed by atoms with Gasteiger partial charge in [-0.1, -0.05) is 6.92 Å². The second kappa shape index (κ2) is 4.16. The van der Waals surface area contributed by atoms with E-state index in [-0.39, 0.29) is 11.4 Å². The molecule has 0 saturated carbocycles. The van der Waals surface area contributed by atoms with Gasteiger partial charge in [0.2, 0.25) is 5.91 Å². The SMILES string of the molecule is C/[C]=C/C(=O)NC(C)(C)CC. The molecule has 2 nitrogen and oxygen atoms in total. The van der Waals surface area contributed by atoms with Crippen LogP contribution in [0.1, 0.15) is 34.1 Å². The highest BCUT2D eigenvalue weighted by Crippen LogP contribution is 2.05. The summed E-state index contributed by atoms with van der Waals surface area (Å²) in [7, 11) is 0. The summed E-state index contributed by atoms with van der Waals surface area (Å²) in [5.41, 5.74) is -0.107. The molecule has 0 aliphatic rings. The highest BCUT2D eigenvalue weighted by Gasteiger charge is 2.15. The predicted molar refractivity (Wildman–Crippen MR) is 46.0 cm³/mol. The van der Waals surface area contributed by atoms with Gasteiger partial charge in [0.05, 0.1) is 0 Å². The zero-order chi connectivity index (χ0) is 8.91. The first-order chi connectivity index (χ1) is 5.02. The molecule has 0 saturated heterocycles. The third kappa shape index (κ3) is 4.59. The fourth-order valence-corrected chi connectivity index (χ4v) is 0.589. The molecule has 0 rings (SSSR count). The summed E-state index contributed by atoms with van der Waals surface area (Å²) in [6, 6.07) is 0. The lowest BCUT2D eigenvalue weighted by Gasteiger charge is -2.23. The molecule has 11 heavy (non-hydrogen) atoms. The molecule has 0 aromatic rings. The van der Waals surface area contributed by atoms with Crippen molar-refractivity contribution in [1.82, 2.24) is 5.32 Å². The molecule has 1 radical (unpaired) electrons. The monoisotopic (exact) mass is 154 g/mol. The molecule has 0 bridgehead atoms. The quantitative estimate of drug-likeness (QED) is 0.615. The molecule has 0 aromatic carbocycles. The van der Waals surface area contributed by atoms with Crippen LogP contribution in [0, 0.1) is 6.08 Å². The number of hydrogen-bond acceptors (Lipinski definition) is 1. The molecule has 0 spiro atoms. The maximum Gasteiger partial charge on any atom is 0.244 e. The van der Waals surface area contributed by atoms with Crippen LogP contribution in [-0.2, 0) is 4.79 Å². The Labute approximate surface area is 68.7 Å². The summed E-state index contributed by atoms with van der Waals surface area (Å²) in [6.07, 6.45) is 5.02. The van der Waals surface area contributed by atoms with Crippen LogP contribution in [0.2, 0.25) is 0 Å². The van der Waals surface area contributed by atoms with Crippen molar-refractivity contribution in [2.75, 3.05) is 0 Å². The molecular formula is C9H16NO. The minimum atomic E-state index is -0.107. The van der Waals surface area contributed by atoms with Crippen molar-refractivity contribution in [3.05, 3.63) is 12.2 Å². The zero-order valence-electron chi connectivity index (χ0n) is 7.69. The lowest BCUT2D eigenvalue weighted by atomic mass is 10.0. The van der Waals surface area contributed by atoms with E-state index in [4.69, 9.17) is 0 Å². The van der Waals surface area contributed by atoms with E-state index in [2.05, 4.69) is 11.4 Å². The van der Waals surface area contributed by atoms with Gasteiger partial charge in [-0.2, -0.15) is 0 Å². The summed E-state index contributed by atoms with van der Waals surface area (Å²) in [5.74, 6) is -0.0700. The average Bonchev–Trinajstić information content (AvgIpc) is 1.87. The van der Waals surface area contributed by atoms with E-state index >= 15 is 0 Å². The molecule has 0 aliphatic heterocycles. The number of allylic oxidation sites excluding steroid dienone is 1. The molecule has 0 atom stereocenters. The van der Waals surface area contributed by atoms with E-state index in [1.807, 2.05) is 20.8 Å². The first kappa shape index (κ1) is 10.2. The van der Waals surface area contributed by atoms with Gasteiger partial charge in [-0.05, 0) is 33.3 Å². The van der Waals surface area contributed by atoms with E-state index < -0.39 is 0 Å². The van der Waals surface area contributed by atoms with Crippen molar-refractivity contribution < 1.29 is 4.79 Å². The fraction of sp³-hybridized carbons (Fsp3) is 0.667. The summed E-state index contributed by atoms with van der Waals surface area (Å²) >= 11 is 0. The van der Waals surface area contributed by atoms with E-state index in [1.54, 1.807) is 6.92 Å². The van der Waals surface area contributed by atoms with E-state index in [0.717, 1.165) is 6.42 Å². The van der Waals surface area contributed by atoms with Crippen LogP contribution in [0.25, 0.3) is 0 Å². The topological polar surface area (TPSA) is 29.1 Å². The maximum atomic E-state index is 11.0. The van der Waals surface area contributed by atoms with E-state index in [1.165, 1.54) is 6.08 Å². The largest absolute Gasteiger partial charge is 0.348 e. The number of rotatable bonds is 3. The molecule has 1 amide bonds. The van der Waals surface area contributed by atoms with Gasteiger partial charge in [0.25, 0.3) is 0 Å². The smallest absolute Gasteiger partial charge is 0.244 e. The third-order valence-electron chi connectivity index (χ3n) is 1.62. The Hall–Kier alpha value is -0.790. The number of carbonyl (C=O) groups is 1. The highest BCUT2D eigenvalue weighted by molar-refractivity contribution is 5.87. The number of amides is 1. The van der Waals surface area contributed by atoms with Crippen LogP contribution in [0.5, 0.6) is 0 Å². The molecule has 0 aromatic heterocycles. The van der Waals surface area contributed by atoms with Gasteiger partial charge in [-0.15, -0.1) is 0 Å². The second-order valence-electron chi connectivity index (χ2n) is 3.16. The van der Waals surface area contributed by atoms with Crippen LogP contribution in [-0.4, -0.2) is 11.4 Å². The Balaban J connectivity index is 3.93.